The van der Waals surface area contributed by atoms with E-state index in [2.05, 4.69) is 27.8 Å². The van der Waals surface area contributed by atoms with E-state index in [0.717, 1.165) is 18.6 Å². The van der Waals surface area contributed by atoms with Crippen LogP contribution in [-0.4, -0.2) is 11.1 Å². The van der Waals surface area contributed by atoms with Crippen molar-refractivity contribution in [3.63, 3.8) is 0 Å². The lowest BCUT2D eigenvalue weighted by Gasteiger charge is -2.11. The molecule has 0 heterocycles. The minimum absolute atomic E-state index is 0.0305. The van der Waals surface area contributed by atoms with E-state index in [9.17, 15) is 4.79 Å². The summed E-state index contributed by atoms with van der Waals surface area (Å²) in [6, 6.07) is 6.98. The second kappa shape index (κ2) is 6.38. The van der Waals surface area contributed by atoms with Gasteiger partial charge >= 0.3 is 0 Å². The van der Waals surface area contributed by atoms with Crippen LogP contribution in [0.3, 0.4) is 0 Å². The molecule has 1 atom stereocenters. The van der Waals surface area contributed by atoms with Gasteiger partial charge in [-0.3, -0.25) is 0 Å². The molecule has 0 saturated carbocycles. The normalized spacial score (nSPS) is 11.6. The van der Waals surface area contributed by atoms with Gasteiger partial charge < -0.3 is 4.74 Å². The average Bonchev–Trinajstić information content (AvgIpc) is 2.22. The van der Waals surface area contributed by atoms with Crippen LogP contribution in [0.15, 0.2) is 29.3 Å². The van der Waals surface area contributed by atoms with E-state index in [1.807, 2.05) is 0 Å². The van der Waals surface area contributed by atoms with E-state index in [1.165, 1.54) is 6.08 Å². The van der Waals surface area contributed by atoms with Crippen LogP contribution < -0.4 is 4.74 Å². The SMILES string of the molecule is CCCC(Br)Oc1ccc(N=C=O)cc1. The molecule has 0 aliphatic heterocycles. The lowest BCUT2D eigenvalue weighted by Crippen LogP contribution is -2.06. The van der Waals surface area contributed by atoms with Crippen molar-refractivity contribution < 1.29 is 9.53 Å². The van der Waals surface area contributed by atoms with Crippen LogP contribution in [-0.2, 0) is 4.79 Å². The molecule has 0 bridgehead atoms. The number of carbonyl (C=O) groups excluding carboxylic acids is 1. The van der Waals surface area contributed by atoms with Crippen LogP contribution >= 0.6 is 15.9 Å². The fourth-order valence-electron chi connectivity index (χ4n) is 1.09. The molecule has 1 unspecified atom stereocenters. The maximum absolute atomic E-state index is 9.99. The molecule has 1 aromatic rings. The van der Waals surface area contributed by atoms with Crippen LogP contribution in [0, 0.1) is 0 Å². The zero-order valence-electron chi connectivity index (χ0n) is 8.44. The quantitative estimate of drug-likeness (QED) is 0.466. The first-order valence-corrected chi connectivity index (χ1v) is 5.66. The highest BCUT2D eigenvalue weighted by Crippen LogP contribution is 2.21. The predicted molar refractivity (Wildman–Crippen MR) is 62.5 cm³/mol. The Balaban J connectivity index is 2.60. The Morgan fingerprint density at radius 1 is 1.47 bits per heavy atom. The first-order chi connectivity index (χ1) is 7.26. The summed E-state index contributed by atoms with van der Waals surface area (Å²) < 4.78 is 5.56. The fourth-order valence-corrected chi connectivity index (χ4v) is 1.76. The summed E-state index contributed by atoms with van der Waals surface area (Å²) in [6.07, 6.45) is 3.50. The van der Waals surface area contributed by atoms with Crippen molar-refractivity contribution in [2.24, 2.45) is 4.99 Å². The molecule has 4 heteroatoms. The first kappa shape index (κ1) is 12.0. The Morgan fingerprint density at radius 3 is 2.67 bits per heavy atom. The monoisotopic (exact) mass is 269 g/mol. The van der Waals surface area contributed by atoms with Crippen LogP contribution in [0.2, 0.25) is 0 Å². The Kier molecular flexibility index (Phi) is 5.08. The van der Waals surface area contributed by atoms with E-state index in [0.29, 0.717) is 5.69 Å². The third-order valence-corrected chi connectivity index (χ3v) is 2.44. The van der Waals surface area contributed by atoms with Crippen molar-refractivity contribution in [2.45, 2.75) is 24.8 Å². The number of aliphatic imine (C=N–C) groups is 1. The third-order valence-electron chi connectivity index (χ3n) is 1.79. The molecule has 0 saturated heterocycles. The number of hydrogen-bond donors (Lipinski definition) is 0. The number of nitrogens with zero attached hydrogens (tertiary/aromatic N) is 1. The lowest BCUT2D eigenvalue weighted by molar-refractivity contribution is 0.282. The Morgan fingerprint density at radius 2 is 2.13 bits per heavy atom. The molecule has 0 radical (unpaired) electrons. The number of ether oxygens (including phenoxy) is 1. The second-order valence-electron chi connectivity index (χ2n) is 3.01. The molecule has 0 aromatic heterocycles. The van der Waals surface area contributed by atoms with Gasteiger partial charge in [-0.2, -0.15) is 4.99 Å². The van der Waals surface area contributed by atoms with Crippen LogP contribution in [0.5, 0.6) is 5.75 Å². The smallest absolute Gasteiger partial charge is 0.240 e. The Hall–Kier alpha value is -1.12. The van der Waals surface area contributed by atoms with E-state index >= 15 is 0 Å². The summed E-state index contributed by atoms with van der Waals surface area (Å²) in [4.78, 5) is 13.5. The average molecular weight is 270 g/mol. The molecule has 0 amide bonds. The number of halogens is 1. The largest absolute Gasteiger partial charge is 0.479 e. The molecule has 1 aromatic carbocycles. The van der Waals surface area contributed by atoms with Gasteiger partial charge in [0.1, 0.15) is 5.75 Å². The van der Waals surface area contributed by atoms with Gasteiger partial charge in [-0.1, -0.05) is 13.3 Å². The molecule has 80 valence electrons. The number of isocyanates is 1. The maximum Gasteiger partial charge on any atom is 0.240 e. The zero-order valence-corrected chi connectivity index (χ0v) is 10.0. The second-order valence-corrected chi connectivity index (χ2v) is 4.03. The Labute approximate surface area is 97.3 Å². The molecule has 1 rings (SSSR count). The molecular weight excluding hydrogens is 258 g/mol. The van der Waals surface area contributed by atoms with Crippen LogP contribution in [0.25, 0.3) is 0 Å². The molecule has 0 spiro atoms. The molecule has 0 aliphatic rings. The predicted octanol–water partition coefficient (Wildman–Crippen LogP) is 3.55. The third kappa shape index (κ3) is 4.28. The van der Waals surface area contributed by atoms with E-state index < -0.39 is 0 Å². The number of rotatable bonds is 5. The summed E-state index contributed by atoms with van der Waals surface area (Å²) >= 11 is 3.42. The highest BCUT2D eigenvalue weighted by Gasteiger charge is 2.03. The number of hydrogen-bond acceptors (Lipinski definition) is 3. The van der Waals surface area contributed by atoms with Crippen molar-refractivity contribution >= 4 is 27.7 Å². The zero-order chi connectivity index (χ0) is 11.1. The summed E-state index contributed by atoms with van der Waals surface area (Å²) in [7, 11) is 0. The molecule has 0 aliphatic carbocycles. The summed E-state index contributed by atoms with van der Waals surface area (Å²) in [5.74, 6) is 0.759. The molecule has 0 fully saturated rings. The topological polar surface area (TPSA) is 38.7 Å². The van der Waals surface area contributed by atoms with Crippen molar-refractivity contribution in [3.8, 4) is 5.75 Å². The van der Waals surface area contributed by atoms with Crippen molar-refractivity contribution in [2.75, 3.05) is 0 Å². The highest BCUT2D eigenvalue weighted by molar-refractivity contribution is 9.09. The number of benzene rings is 1. The molecular formula is C11H12BrNO2. The minimum atomic E-state index is 0.0305. The van der Waals surface area contributed by atoms with Gasteiger partial charge in [0.05, 0.1) is 5.69 Å². The molecule has 15 heavy (non-hydrogen) atoms. The van der Waals surface area contributed by atoms with E-state index in [-0.39, 0.29) is 5.01 Å². The van der Waals surface area contributed by atoms with E-state index in [1.54, 1.807) is 24.3 Å². The maximum atomic E-state index is 9.99. The standard InChI is InChI=1S/C11H12BrNO2/c1-2-3-11(12)15-10-6-4-9(5-7-10)13-8-14/h4-7,11H,2-3H2,1H3. The van der Waals surface area contributed by atoms with Gasteiger partial charge in [0, 0.05) is 0 Å². The molecule has 3 nitrogen and oxygen atoms in total. The van der Waals surface area contributed by atoms with Gasteiger partial charge in [0.15, 0.2) is 5.01 Å². The molecule has 0 N–H and O–H groups in total. The van der Waals surface area contributed by atoms with Crippen LogP contribution in [0.4, 0.5) is 5.69 Å². The van der Waals surface area contributed by atoms with Crippen molar-refractivity contribution in [1.29, 1.82) is 0 Å². The van der Waals surface area contributed by atoms with Gasteiger partial charge in [-0.25, -0.2) is 4.79 Å². The van der Waals surface area contributed by atoms with Crippen molar-refractivity contribution in [3.05, 3.63) is 24.3 Å². The van der Waals surface area contributed by atoms with Crippen molar-refractivity contribution in [1.82, 2.24) is 0 Å². The minimum Gasteiger partial charge on any atom is -0.479 e. The summed E-state index contributed by atoms with van der Waals surface area (Å²) in [6.45, 7) is 2.10. The Bertz CT molecular complexity index is 344. The van der Waals surface area contributed by atoms with Gasteiger partial charge in [0.25, 0.3) is 0 Å². The lowest BCUT2D eigenvalue weighted by atomic mass is 10.3. The number of alkyl halides is 1. The summed E-state index contributed by atoms with van der Waals surface area (Å²) in [5, 5.41) is 0.0305. The summed E-state index contributed by atoms with van der Waals surface area (Å²) in [5.41, 5.74) is 0.582. The van der Waals surface area contributed by atoms with Gasteiger partial charge in [0.2, 0.25) is 6.08 Å². The highest BCUT2D eigenvalue weighted by atomic mass is 79.9. The van der Waals surface area contributed by atoms with Crippen LogP contribution in [0.1, 0.15) is 19.8 Å². The van der Waals surface area contributed by atoms with Gasteiger partial charge in [-0.15, -0.1) is 0 Å². The first-order valence-electron chi connectivity index (χ1n) is 4.75. The van der Waals surface area contributed by atoms with Gasteiger partial charge in [-0.05, 0) is 46.6 Å². The fraction of sp³-hybridized carbons (Fsp3) is 0.364. The van der Waals surface area contributed by atoms with E-state index in [4.69, 9.17) is 4.74 Å².